The van der Waals surface area contributed by atoms with Crippen LogP contribution in [0.4, 0.5) is 5.82 Å². The van der Waals surface area contributed by atoms with E-state index >= 15 is 0 Å². The van der Waals surface area contributed by atoms with Gasteiger partial charge in [-0.25, -0.2) is 4.98 Å². The van der Waals surface area contributed by atoms with Crippen LogP contribution in [-0.2, 0) is 0 Å². The molecule has 1 aliphatic rings. The van der Waals surface area contributed by atoms with Crippen LogP contribution >= 0.6 is 0 Å². The van der Waals surface area contributed by atoms with Crippen molar-refractivity contribution in [2.75, 3.05) is 18.0 Å². The summed E-state index contributed by atoms with van der Waals surface area (Å²) >= 11 is 0. The van der Waals surface area contributed by atoms with E-state index < -0.39 is 0 Å². The number of piperidine rings is 1. The number of hydrogen-bond donors (Lipinski definition) is 0. The van der Waals surface area contributed by atoms with Crippen LogP contribution in [0.2, 0.25) is 0 Å². The number of anilines is 1. The monoisotopic (exact) mass is 346 g/mol. The molecule has 1 aromatic carbocycles. The maximum atomic E-state index is 9.17. The summed E-state index contributed by atoms with van der Waals surface area (Å²) in [5, 5.41) is 17.8. The molecule has 0 saturated carbocycles. The van der Waals surface area contributed by atoms with E-state index in [2.05, 4.69) is 26.2 Å². The second kappa shape index (κ2) is 7.23. The Bertz CT molecular complexity index is 893. The third-order valence-electron chi connectivity index (χ3n) is 4.47. The van der Waals surface area contributed by atoms with Crippen LogP contribution in [0.25, 0.3) is 5.82 Å². The summed E-state index contributed by atoms with van der Waals surface area (Å²) in [7, 11) is 0. The fourth-order valence-corrected chi connectivity index (χ4v) is 3.06. The molecule has 2 aromatic heterocycles. The van der Waals surface area contributed by atoms with Crippen molar-refractivity contribution in [1.29, 1.82) is 5.26 Å². The number of rotatable bonds is 4. The van der Waals surface area contributed by atoms with Gasteiger partial charge in [-0.3, -0.25) is 4.57 Å². The molecule has 0 unspecified atom stereocenters. The first-order chi connectivity index (χ1) is 12.8. The Hall–Kier alpha value is -3.40. The molecule has 7 nitrogen and oxygen atoms in total. The van der Waals surface area contributed by atoms with E-state index in [1.807, 2.05) is 41.1 Å². The standard InChI is InChI=1S/C19H18N6O/c20-13-15-3-1-2-4-17(15)26-16-7-10-24(11-8-16)18-5-6-19(23-22-18)25-12-9-21-14-25/h1-6,9,12,14,16H,7-8,10-11H2. The largest absolute Gasteiger partial charge is 0.489 e. The van der Waals surface area contributed by atoms with Gasteiger partial charge in [0.2, 0.25) is 0 Å². The van der Waals surface area contributed by atoms with Gasteiger partial charge in [-0.15, -0.1) is 10.2 Å². The van der Waals surface area contributed by atoms with E-state index in [1.165, 1.54) is 0 Å². The van der Waals surface area contributed by atoms with Crippen molar-refractivity contribution in [3.63, 3.8) is 0 Å². The molecule has 1 saturated heterocycles. The molecule has 3 aromatic rings. The van der Waals surface area contributed by atoms with Gasteiger partial charge in [-0.2, -0.15) is 5.26 Å². The Morgan fingerprint density at radius 2 is 1.81 bits per heavy atom. The van der Waals surface area contributed by atoms with Crippen LogP contribution in [0.1, 0.15) is 18.4 Å². The number of para-hydroxylation sites is 1. The van der Waals surface area contributed by atoms with Crippen molar-refractivity contribution < 1.29 is 4.74 Å². The fraction of sp³-hybridized carbons (Fsp3) is 0.263. The molecule has 0 bridgehead atoms. The first-order valence-corrected chi connectivity index (χ1v) is 8.56. The van der Waals surface area contributed by atoms with Crippen LogP contribution in [0.3, 0.4) is 0 Å². The molecule has 3 heterocycles. The van der Waals surface area contributed by atoms with Crippen molar-refractivity contribution in [3.8, 4) is 17.6 Å². The van der Waals surface area contributed by atoms with Gasteiger partial charge < -0.3 is 9.64 Å². The minimum Gasteiger partial charge on any atom is -0.489 e. The lowest BCUT2D eigenvalue weighted by molar-refractivity contribution is 0.170. The number of benzene rings is 1. The molecule has 7 heteroatoms. The summed E-state index contributed by atoms with van der Waals surface area (Å²) in [6.07, 6.45) is 7.12. The summed E-state index contributed by atoms with van der Waals surface area (Å²) in [6, 6.07) is 13.5. The van der Waals surface area contributed by atoms with Crippen molar-refractivity contribution in [3.05, 3.63) is 60.7 Å². The quantitative estimate of drug-likeness (QED) is 0.722. The summed E-state index contributed by atoms with van der Waals surface area (Å²) < 4.78 is 7.86. The summed E-state index contributed by atoms with van der Waals surface area (Å²) in [5.41, 5.74) is 0.580. The summed E-state index contributed by atoms with van der Waals surface area (Å²) in [4.78, 5) is 6.23. The highest BCUT2D eigenvalue weighted by molar-refractivity contribution is 5.43. The van der Waals surface area contributed by atoms with Crippen LogP contribution in [0.5, 0.6) is 5.75 Å². The first-order valence-electron chi connectivity index (χ1n) is 8.56. The highest BCUT2D eigenvalue weighted by Crippen LogP contribution is 2.24. The predicted molar refractivity (Wildman–Crippen MR) is 96.2 cm³/mol. The van der Waals surface area contributed by atoms with Crippen molar-refractivity contribution in [2.24, 2.45) is 0 Å². The topological polar surface area (TPSA) is 79.9 Å². The van der Waals surface area contributed by atoms with Crippen molar-refractivity contribution in [2.45, 2.75) is 18.9 Å². The minimum absolute atomic E-state index is 0.110. The van der Waals surface area contributed by atoms with E-state index in [4.69, 9.17) is 4.74 Å². The smallest absolute Gasteiger partial charge is 0.160 e. The molecule has 130 valence electrons. The maximum absolute atomic E-state index is 9.17. The lowest BCUT2D eigenvalue weighted by Gasteiger charge is -2.32. The molecule has 1 fully saturated rings. The van der Waals surface area contributed by atoms with E-state index in [-0.39, 0.29) is 6.10 Å². The highest BCUT2D eigenvalue weighted by Gasteiger charge is 2.22. The number of imidazole rings is 1. The third-order valence-corrected chi connectivity index (χ3v) is 4.47. The zero-order valence-electron chi connectivity index (χ0n) is 14.2. The number of ether oxygens (including phenoxy) is 1. The molecule has 0 aliphatic carbocycles. The Morgan fingerprint density at radius 3 is 2.50 bits per heavy atom. The molecule has 4 rings (SSSR count). The average Bonchev–Trinajstić information content (AvgIpc) is 3.24. The molecular weight excluding hydrogens is 328 g/mol. The Balaban J connectivity index is 1.37. The molecular formula is C19H18N6O. The molecule has 0 spiro atoms. The van der Waals surface area contributed by atoms with Crippen LogP contribution < -0.4 is 9.64 Å². The summed E-state index contributed by atoms with van der Waals surface area (Å²) in [5.74, 6) is 2.28. The van der Waals surface area contributed by atoms with Crippen molar-refractivity contribution in [1.82, 2.24) is 19.7 Å². The third kappa shape index (κ3) is 3.35. The first kappa shape index (κ1) is 16.1. The lowest BCUT2D eigenvalue weighted by atomic mass is 10.1. The lowest BCUT2D eigenvalue weighted by Crippen LogP contribution is -2.38. The molecule has 0 N–H and O–H groups in total. The number of nitrogens with zero attached hydrogens (tertiary/aromatic N) is 6. The second-order valence-corrected chi connectivity index (χ2v) is 6.13. The molecule has 0 radical (unpaired) electrons. The highest BCUT2D eigenvalue weighted by atomic mass is 16.5. The van der Waals surface area contributed by atoms with Gasteiger partial charge in [0.05, 0.1) is 5.56 Å². The number of hydrogen-bond acceptors (Lipinski definition) is 6. The second-order valence-electron chi connectivity index (χ2n) is 6.13. The van der Waals surface area contributed by atoms with E-state index in [1.54, 1.807) is 18.6 Å². The minimum atomic E-state index is 0.110. The zero-order valence-corrected chi connectivity index (χ0v) is 14.2. The summed E-state index contributed by atoms with van der Waals surface area (Å²) in [6.45, 7) is 1.69. The van der Waals surface area contributed by atoms with E-state index in [0.29, 0.717) is 11.3 Å². The fourth-order valence-electron chi connectivity index (χ4n) is 3.06. The van der Waals surface area contributed by atoms with Crippen molar-refractivity contribution >= 4 is 5.82 Å². The zero-order chi connectivity index (χ0) is 17.8. The van der Waals surface area contributed by atoms with Crippen LogP contribution in [-0.4, -0.2) is 38.9 Å². The van der Waals surface area contributed by atoms with Gasteiger partial charge in [0.1, 0.15) is 24.3 Å². The predicted octanol–water partition coefficient (Wildman–Crippen LogP) is 2.58. The Kier molecular flexibility index (Phi) is 4.48. The molecule has 0 atom stereocenters. The van der Waals surface area contributed by atoms with Crippen LogP contribution in [0.15, 0.2) is 55.1 Å². The molecule has 1 aliphatic heterocycles. The van der Waals surface area contributed by atoms with Gasteiger partial charge in [-0.1, -0.05) is 12.1 Å². The van der Waals surface area contributed by atoms with E-state index in [9.17, 15) is 5.26 Å². The maximum Gasteiger partial charge on any atom is 0.160 e. The van der Waals surface area contributed by atoms with Gasteiger partial charge in [0.25, 0.3) is 0 Å². The normalized spacial score (nSPS) is 14.8. The van der Waals surface area contributed by atoms with Gasteiger partial charge in [0, 0.05) is 38.3 Å². The SMILES string of the molecule is N#Cc1ccccc1OC1CCN(c2ccc(-n3ccnc3)nn2)CC1. The average molecular weight is 346 g/mol. The van der Waals surface area contributed by atoms with Gasteiger partial charge >= 0.3 is 0 Å². The number of aromatic nitrogens is 4. The number of nitriles is 1. The molecule has 26 heavy (non-hydrogen) atoms. The van der Waals surface area contributed by atoms with Crippen LogP contribution in [0, 0.1) is 11.3 Å². The van der Waals surface area contributed by atoms with E-state index in [0.717, 1.165) is 37.6 Å². The van der Waals surface area contributed by atoms with Gasteiger partial charge in [-0.05, 0) is 24.3 Å². The van der Waals surface area contributed by atoms with Gasteiger partial charge in [0.15, 0.2) is 11.6 Å². The Morgan fingerprint density at radius 1 is 1.04 bits per heavy atom. The Labute approximate surface area is 151 Å². The molecule has 0 amide bonds.